The molecule has 0 aromatic heterocycles. The first-order valence-corrected chi connectivity index (χ1v) is 11.1. The number of benzene rings is 2. The van der Waals surface area contributed by atoms with Gasteiger partial charge in [0, 0.05) is 12.6 Å². The molecule has 2 aromatic carbocycles. The number of hydrogen-bond acceptors (Lipinski definition) is 6. The predicted molar refractivity (Wildman–Crippen MR) is 109 cm³/mol. The highest BCUT2D eigenvalue weighted by molar-refractivity contribution is 7.91. The maximum Gasteiger partial charge on any atom is 0.261 e. The number of methoxy groups -OCH3 is 2. The second kappa shape index (κ2) is 9.17. The van der Waals surface area contributed by atoms with E-state index in [-0.39, 0.29) is 30.1 Å². The van der Waals surface area contributed by atoms with Crippen molar-refractivity contribution in [2.45, 2.75) is 19.0 Å². The third kappa shape index (κ3) is 5.63. The van der Waals surface area contributed by atoms with E-state index in [0.717, 1.165) is 11.3 Å². The summed E-state index contributed by atoms with van der Waals surface area (Å²) in [7, 11) is 0.0432. The summed E-state index contributed by atoms with van der Waals surface area (Å²) in [5.74, 6) is 1.79. The molecule has 1 fully saturated rings. The molecule has 3 rings (SSSR count). The smallest absolute Gasteiger partial charge is 0.261 e. The lowest BCUT2D eigenvalue weighted by atomic mass is 10.1. The third-order valence-corrected chi connectivity index (χ3v) is 6.65. The first-order valence-electron chi connectivity index (χ1n) is 9.30. The molecule has 156 valence electrons. The van der Waals surface area contributed by atoms with Gasteiger partial charge < -0.3 is 19.1 Å². The lowest BCUT2D eigenvalue weighted by Crippen LogP contribution is -2.43. The molecule has 7 nitrogen and oxygen atoms in total. The van der Waals surface area contributed by atoms with E-state index < -0.39 is 9.84 Å². The minimum atomic E-state index is -3.12. The van der Waals surface area contributed by atoms with Crippen molar-refractivity contribution in [2.75, 3.05) is 32.3 Å². The van der Waals surface area contributed by atoms with Gasteiger partial charge in [-0.1, -0.05) is 12.1 Å². The van der Waals surface area contributed by atoms with Crippen LogP contribution in [0.4, 0.5) is 0 Å². The normalized spacial score (nSPS) is 17.5. The molecule has 1 atom stereocenters. The number of amides is 1. The third-order valence-electron chi connectivity index (χ3n) is 4.90. The summed E-state index contributed by atoms with van der Waals surface area (Å²) in [6.45, 7) is 0.147. The quantitative estimate of drug-likeness (QED) is 0.653. The first kappa shape index (κ1) is 21.0. The van der Waals surface area contributed by atoms with E-state index in [1.54, 1.807) is 43.4 Å². The molecule has 29 heavy (non-hydrogen) atoms. The van der Waals surface area contributed by atoms with Gasteiger partial charge in [0.15, 0.2) is 16.4 Å². The molecular formula is C21H25NO6S. The van der Waals surface area contributed by atoms with E-state index in [1.165, 1.54) is 0 Å². The second-order valence-electron chi connectivity index (χ2n) is 6.89. The van der Waals surface area contributed by atoms with Crippen LogP contribution in [0.25, 0.3) is 0 Å². The number of sulfone groups is 1. The molecule has 1 amide bonds. The van der Waals surface area contributed by atoms with Crippen LogP contribution >= 0.6 is 0 Å². The largest absolute Gasteiger partial charge is 0.497 e. The molecule has 0 aliphatic carbocycles. The van der Waals surface area contributed by atoms with Crippen LogP contribution in [0.2, 0.25) is 0 Å². The van der Waals surface area contributed by atoms with Crippen LogP contribution in [-0.2, 0) is 21.2 Å². The van der Waals surface area contributed by atoms with E-state index in [2.05, 4.69) is 0 Å². The van der Waals surface area contributed by atoms with Crippen molar-refractivity contribution in [1.82, 2.24) is 4.90 Å². The molecule has 2 aromatic rings. The van der Waals surface area contributed by atoms with E-state index >= 15 is 0 Å². The average molecular weight is 419 g/mol. The van der Waals surface area contributed by atoms with Gasteiger partial charge in [-0.15, -0.1) is 0 Å². The number of hydrogen-bond donors (Lipinski definition) is 0. The Bertz CT molecular complexity index is 925. The molecule has 0 N–H and O–H groups in total. The molecule has 0 bridgehead atoms. The van der Waals surface area contributed by atoms with Gasteiger partial charge >= 0.3 is 0 Å². The van der Waals surface area contributed by atoms with Gasteiger partial charge in [-0.2, -0.15) is 0 Å². The van der Waals surface area contributed by atoms with Crippen LogP contribution in [-0.4, -0.2) is 57.6 Å². The molecule has 1 heterocycles. The maximum atomic E-state index is 12.9. The van der Waals surface area contributed by atoms with Crippen molar-refractivity contribution >= 4 is 15.7 Å². The van der Waals surface area contributed by atoms with Crippen molar-refractivity contribution in [2.24, 2.45) is 0 Å². The van der Waals surface area contributed by atoms with Gasteiger partial charge in [0.25, 0.3) is 5.91 Å². The summed E-state index contributed by atoms with van der Waals surface area (Å²) in [5, 5.41) is 0. The lowest BCUT2D eigenvalue weighted by molar-refractivity contribution is -0.136. The van der Waals surface area contributed by atoms with Gasteiger partial charge in [-0.25, -0.2) is 8.42 Å². The Morgan fingerprint density at radius 2 is 1.52 bits per heavy atom. The van der Waals surface area contributed by atoms with Gasteiger partial charge in [-0.05, 0) is 48.4 Å². The highest BCUT2D eigenvalue weighted by Gasteiger charge is 2.34. The minimum absolute atomic E-state index is 0.0164. The summed E-state index contributed by atoms with van der Waals surface area (Å²) >= 11 is 0. The number of rotatable bonds is 8. The van der Waals surface area contributed by atoms with Crippen molar-refractivity contribution in [3.05, 3.63) is 54.1 Å². The molecule has 1 saturated heterocycles. The van der Waals surface area contributed by atoms with E-state index in [0.29, 0.717) is 24.5 Å². The summed E-state index contributed by atoms with van der Waals surface area (Å²) in [6, 6.07) is 14.0. The Labute approximate surface area is 171 Å². The zero-order valence-electron chi connectivity index (χ0n) is 16.5. The topological polar surface area (TPSA) is 82.1 Å². The van der Waals surface area contributed by atoms with Crippen LogP contribution in [0.3, 0.4) is 0 Å². The Morgan fingerprint density at radius 3 is 2.03 bits per heavy atom. The summed E-state index contributed by atoms with van der Waals surface area (Å²) < 4.78 is 39.8. The average Bonchev–Trinajstić information content (AvgIpc) is 3.10. The summed E-state index contributed by atoms with van der Waals surface area (Å²) in [5.41, 5.74) is 0.896. The minimum Gasteiger partial charge on any atom is -0.497 e. The molecule has 8 heteroatoms. The van der Waals surface area contributed by atoms with Crippen molar-refractivity contribution in [3.63, 3.8) is 0 Å². The number of carbonyl (C=O) groups is 1. The molecule has 0 saturated carbocycles. The van der Waals surface area contributed by atoms with Gasteiger partial charge in [-0.3, -0.25) is 4.79 Å². The van der Waals surface area contributed by atoms with Gasteiger partial charge in [0.05, 0.1) is 25.7 Å². The van der Waals surface area contributed by atoms with Crippen molar-refractivity contribution in [1.29, 1.82) is 0 Å². The standard InChI is InChI=1S/C21H25NO6S/c1-26-18-5-3-16(4-6-18)13-22(17-11-12-29(24,25)15-17)21(23)14-28-20-9-7-19(27-2)8-10-20/h3-10,17H,11-15H2,1-2H3. The SMILES string of the molecule is COc1ccc(CN(C(=O)COc2ccc(OC)cc2)C2CCS(=O)(=O)C2)cc1. The van der Waals surface area contributed by atoms with E-state index in [9.17, 15) is 13.2 Å². The van der Waals surface area contributed by atoms with E-state index in [1.807, 2.05) is 24.3 Å². The fraction of sp³-hybridized carbons (Fsp3) is 0.381. The molecule has 0 radical (unpaired) electrons. The lowest BCUT2D eigenvalue weighted by Gasteiger charge is -2.28. The Morgan fingerprint density at radius 1 is 0.966 bits per heavy atom. The van der Waals surface area contributed by atoms with Gasteiger partial charge in [0.2, 0.25) is 0 Å². The fourth-order valence-corrected chi connectivity index (χ4v) is 5.00. The van der Waals surface area contributed by atoms with Crippen LogP contribution in [0, 0.1) is 0 Å². The number of ether oxygens (including phenoxy) is 3. The zero-order chi connectivity index (χ0) is 20.9. The summed E-state index contributed by atoms with van der Waals surface area (Å²) in [6.07, 6.45) is 0.437. The second-order valence-corrected chi connectivity index (χ2v) is 9.12. The zero-order valence-corrected chi connectivity index (χ0v) is 17.4. The van der Waals surface area contributed by atoms with Crippen molar-refractivity contribution in [3.8, 4) is 17.2 Å². The predicted octanol–water partition coefficient (Wildman–Crippen LogP) is 2.30. The van der Waals surface area contributed by atoms with Crippen LogP contribution < -0.4 is 14.2 Å². The van der Waals surface area contributed by atoms with Crippen LogP contribution in [0.1, 0.15) is 12.0 Å². The van der Waals surface area contributed by atoms with Gasteiger partial charge in [0.1, 0.15) is 17.2 Å². The van der Waals surface area contributed by atoms with Crippen molar-refractivity contribution < 1.29 is 27.4 Å². The number of carbonyl (C=O) groups excluding carboxylic acids is 1. The Balaban J connectivity index is 1.71. The summed E-state index contributed by atoms with van der Waals surface area (Å²) in [4.78, 5) is 14.5. The first-order chi connectivity index (χ1) is 13.9. The molecule has 1 unspecified atom stereocenters. The van der Waals surface area contributed by atoms with E-state index in [4.69, 9.17) is 14.2 Å². The Hall–Kier alpha value is -2.74. The molecular weight excluding hydrogens is 394 g/mol. The molecule has 1 aliphatic heterocycles. The monoisotopic (exact) mass is 419 g/mol. The molecule has 1 aliphatic rings. The highest BCUT2D eigenvalue weighted by atomic mass is 32.2. The van der Waals surface area contributed by atoms with Crippen LogP contribution in [0.5, 0.6) is 17.2 Å². The fourth-order valence-electron chi connectivity index (χ4n) is 3.27. The van der Waals surface area contributed by atoms with Crippen LogP contribution in [0.15, 0.2) is 48.5 Å². The Kier molecular flexibility index (Phi) is 6.64. The highest BCUT2D eigenvalue weighted by Crippen LogP contribution is 2.22. The molecule has 0 spiro atoms. The number of nitrogens with zero attached hydrogens (tertiary/aromatic N) is 1. The maximum absolute atomic E-state index is 12.9.